The summed E-state index contributed by atoms with van der Waals surface area (Å²) in [6.45, 7) is 1.49. The van der Waals surface area contributed by atoms with E-state index < -0.39 is 0 Å². The molecule has 0 spiro atoms. The summed E-state index contributed by atoms with van der Waals surface area (Å²) in [5.74, 6) is 0.728. The zero-order chi connectivity index (χ0) is 14.5. The van der Waals surface area contributed by atoms with E-state index in [0.717, 1.165) is 29.5 Å². The van der Waals surface area contributed by atoms with Gasteiger partial charge in [-0.2, -0.15) is 0 Å². The van der Waals surface area contributed by atoms with Gasteiger partial charge >= 0.3 is 0 Å². The Morgan fingerprint density at radius 2 is 2.19 bits per heavy atom. The molecule has 1 fully saturated rings. The molecule has 2 heterocycles. The number of rotatable bonds is 6. The number of nitrogens with zero attached hydrogens (tertiary/aromatic N) is 1. The topological polar surface area (TPSA) is 31.4 Å². The monoisotopic (exact) mass is 321 g/mol. The molecule has 0 radical (unpaired) electrons. The van der Waals surface area contributed by atoms with Gasteiger partial charge in [-0.15, -0.1) is 23.5 Å². The summed E-state index contributed by atoms with van der Waals surface area (Å²) in [4.78, 5) is 4.73. The van der Waals surface area contributed by atoms with Gasteiger partial charge in [0.05, 0.1) is 29.2 Å². The first-order valence-electron chi connectivity index (χ1n) is 7.07. The Labute approximate surface area is 133 Å². The molecule has 5 heteroatoms. The van der Waals surface area contributed by atoms with Crippen molar-refractivity contribution in [3.05, 3.63) is 36.4 Å². The molecule has 0 bridgehead atoms. The van der Waals surface area contributed by atoms with E-state index in [1.54, 1.807) is 11.8 Å². The molecule has 2 aromatic rings. The number of pyridine rings is 1. The molecule has 1 saturated heterocycles. The van der Waals surface area contributed by atoms with Crippen molar-refractivity contribution in [1.82, 2.24) is 4.98 Å². The highest BCUT2D eigenvalue weighted by atomic mass is 32.2. The van der Waals surface area contributed by atoms with Crippen molar-refractivity contribution in [3.63, 3.8) is 0 Å². The lowest BCUT2D eigenvalue weighted by molar-refractivity contribution is 0.0351. The van der Waals surface area contributed by atoms with Crippen LogP contribution in [0.3, 0.4) is 0 Å². The molecule has 2 atom stereocenters. The van der Waals surface area contributed by atoms with Crippen LogP contribution in [0.5, 0.6) is 0 Å². The molecule has 1 aliphatic heterocycles. The Morgan fingerprint density at radius 3 is 3.10 bits per heavy atom. The second-order valence-corrected chi connectivity index (χ2v) is 7.05. The number of ether oxygens (including phenoxy) is 2. The van der Waals surface area contributed by atoms with Crippen LogP contribution in [0.15, 0.2) is 41.4 Å². The minimum absolute atomic E-state index is 0.176. The summed E-state index contributed by atoms with van der Waals surface area (Å²) in [5.41, 5.74) is 1.05. The fourth-order valence-corrected chi connectivity index (χ4v) is 3.83. The first-order valence-corrected chi connectivity index (χ1v) is 9.35. The number of thioether (sulfide) groups is 2. The maximum atomic E-state index is 5.79. The number of para-hydroxylation sites is 1. The lowest BCUT2D eigenvalue weighted by Gasteiger charge is -2.17. The fourth-order valence-electron chi connectivity index (χ4n) is 2.43. The summed E-state index contributed by atoms with van der Waals surface area (Å²) < 4.78 is 11.4. The molecular weight excluding hydrogens is 302 g/mol. The average Bonchev–Trinajstić information content (AvgIpc) is 2.95. The minimum atomic E-state index is 0.176. The molecule has 2 unspecified atom stereocenters. The van der Waals surface area contributed by atoms with E-state index in [0.29, 0.717) is 11.9 Å². The van der Waals surface area contributed by atoms with Gasteiger partial charge in [0.15, 0.2) is 0 Å². The summed E-state index contributed by atoms with van der Waals surface area (Å²) in [5, 5.41) is 2.68. The van der Waals surface area contributed by atoms with Crippen LogP contribution in [0.4, 0.5) is 0 Å². The Morgan fingerprint density at radius 1 is 1.29 bits per heavy atom. The number of hydrogen-bond donors (Lipinski definition) is 0. The van der Waals surface area contributed by atoms with Crippen molar-refractivity contribution < 1.29 is 9.47 Å². The largest absolute Gasteiger partial charge is 0.375 e. The van der Waals surface area contributed by atoms with Gasteiger partial charge in [-0.3, -0.25) is 0 Å². The van der Waals surface area contributed by atoms with E-state index in [1.807, 2.05) is 30.2 Å². The molecule has 0 aliphatic carbocycles. The van der Waals surface area contributed by atoms with Crippen LogP contribution < -0.4 is 0 Å². The second kappa shape index (κ2) is 7.49. The van der Waals surface area contributed by atoms with Crippen LogP contribution in [0.25, 0.3) is 10.9 Å². The van der Waals surface area contributed by atoms with E-state index in [2.05, 4.69) is 24.3 Å². The smallest absolute Gasteiger partial charge is 0.0971 e. The molecule has 0 N–H and O–H groups in total. The van der Waals surface area contributed by atoms with Gasteiger partial charge in [-0.05, 0) is 24.8 Å². The predicted molar refractivity (Wildman–Crippen MR) is 90.1 cm³/mol. The average molecular weight is 321 g/mol. The third-order valence-corrected chi connectivity index (χ3v) is 5.19. The van der Waals surface area contributed by atoms with Crippen molar-refractivity contribution >= 4 is 34.4 Å². The SMILES string of the molecule is CSCOCC1OCCC1Sc1ccc2ccccc2n1. The van der Waals surface area contributed by atoms with Gasteiger partial charge in [0.25, 0.3) is 0 Å². The molecule has 112 valence electrons. The van der Waals surface area contributed by atoms with E-state index in [9.17, 15) is 0 Å². The van der Waals surface area contributed by atoms with Gasteiger partial charge in [0.1, 0.15) is 0 Å². The molecule has 1 aliphatic rings. The van der Waals surface area contributed by atoms with Crippen molar-refractivity contribution in [2.75, 3.05) is 25.4 Å². The molecule has 1 aromatic carbocycles. The van der Waals surface area contributed by atoms with Crippen LogP contribution >= 0.6 is 23.5 Å². The van der Waals surface area contributed by atoms with Crippen LogP contribution in [0.2, 0.25) is 0 Å². The summed E-state index contributed by atoms with van der Waals surface area (Å²) in [6.07, 6.45) is 3.28. The quantitative estimate of drug-likeness (QED) is 0.596. The fraction of sp³-hybridized carbons (Fsp3) is 0.438. The van der Waals surface area contributed by atoms with Gasteiger partial charge in [-0.1, -0.05) is 24.3 Å². The first-order chi connectivity index (χ1) is 10.4. The minimum Gasteiger partial charge on any atom is -0.375 e. The van der Waals surface area contributed by atoms with Gasteiger partial charge in [0, 0.05) is 17.2 Å². The molecule has 3 nitrogen and oxygen atoms in total. The highest BCUT2D eigenvalue weighted by Crippen LogP contribution is 2.32. The van der Waals surface area contributed by atoms with Gasteiger partial charge in [-0.25, -0.2) is 4.98 Å². The molecule has 21 heavy (non-hydrogen) atoms. The Balaban J connectivity index is 1.66. The van der Waals surface area contributed by atoms with E-state index in [-0.39, 0.29) is 6.10 Å². The molecule has 3 rings (SSSR count). The number of hydrogen-bond acceptors (Lipinski definition) is 5. The highest BCUT2D eigenvalue weighted by molar-refractivity contribution is 8.00. The normalized spacial score (nSPS) is 22.0. The van der Waals surface area contributed by atoms with Crippen LogP contribution in [0, 0.1) is 0 Å². The predicted octanol–water partition coefficient (Wildman–Crippen LogP) is 3.82. The Hall–Kier alpha value is -0.750. The summed E-state index contributed by atoms with van der Waals surface area (Å²) in [7, 11) is 0. The van der Waals surface area contributed by atoms with E-state index in [4.69, 9.17) is 14.5 Å². The third-order valence-electron chi connectivity index (χ3n) is 3.48. The standard InChI is InChI=1S/C16H19NO2S2/c1-20-11-18-10-14-15(8-9-19-14)21-16-7-6-12-4-2-3-5-13(12)17-16/h2-7,14-15H,8-11H2,1H3. The Kier molecular flexibility index (Phi) is 5.41. The number of fused-ring (bicyclic) bond motifs is 1. The number of aromatic nitrogens is 1. The maximum Gasteiger partial charge on any atom is 0.0971 e. The zero-order valence-electron chi connectivity index (χ0n) is 12.0. The molecule has 0 saturated carbocycles. The molecule has 0 amide bonds. The summed E-state index contributed by atoms with van der Waals surface area (Å²) >= 11 is 3.50. The zero-order valence-corrected chi connectivity index (χ0v) is 13.7. The highest BCUT2D eigenvalue weighted by Gasteiger charge is 2.29. The van der Waals surface area contributed by atoms with Crippen LogP contribution in [0.1, 0.15) is 6.42 Å². The van der Waals surface area contributed by atoms with Gasteiger partial charge < -0.3 is 9.47 Å². The summed E-state index contributed by atoms with van der Waals surface area (Å²) in [6, 6.07) is 12.5. The maximum absolute atomic E-state index is 5.79. The van der Waals surface area contributed by atoms with Crippen molar-refractivity contribution in [2.45, 2.75) is 22.8 Å². The second-order valence-electron chi connectivity index (χ2n) is 4.97. The van der Waals surface area contributed by atoms with Crippen LogP contribution in [-0.2, 0) is 9.47 Å². The number of benzene rings is 1. The van der Waals surface area contributed by atoms with E-state index in [1.165, 1.54) is 5.39 Å². The first kappa shape index (κ1) is 15.2. The lowest BCUT2D eigenvalue weighted by atomic mass is 10.2. The van der Waals surface area contributed by atoms with Gasteiger partial charge in [0.2, 0.25) is 0 Å². The lowest BCUT2D eigenvalue weighted by Crippen LogP contribution is -2.24. The van der Waals surface area contributed by atoms with E-state index >= 15 is 0 Å². The molecular formula is C16H19NO2S2. The van der Waals surface area contributed by atoms with Crippen molar-refractivity contribution in [2.24, 2.45) is 0 Å². The Bertz CT molecular complexity index is 593. The van der Waals surface area contributed by atoms with Crippen molar-refractivity contribution in [3.8, 4) is 0 Å². The third kappa shape index (κ3) is 3.92. The van der Waals surface area contributed by atoms with Crippen LogP contribution in [-0.4, -0.2) is 41.7 Å². The van der Waals surface area contributed by atoms with Crippen molar-refractivity contribution in [1.29, 1.82) is 0 Å². The molecule has 1 aromatic heterocycles.